The van der Waals surface area contributed by atoms with Gasteiger partial charge < -0.3 is 19.1 Å². The lowest BCUT2D eigenvalue weighted by Gasteiger charge is -2.31. The number of benzene rings is 1. The van der Waals surface area contributed by atoms with Crippen LogP contribution in [0.3, 0.4) is 0 Å². The molecule has 3 amide bonds. The zero-order chi connectivity index (χ0) is 20.0. The third-order valence-electron chi connectivity index (χ3n) is 4.27. The summed E-state index contributed by atoms with van der Waals surface area (Å²) in [6.45, 7) is 6.55. The van der Waals surface area contributed by atoms with Crippen LogP contribution >= 0.6 is 0 Å². The average molecular weight is 371 g/mol. The molecule has 1 heterocycles. The Kier molecular flexibility index (Phi) is 7.05. The van der Waals surface area contributed by atoms with Gasteiger partial charge in [0.1, 0.15) is 18.1 Å². The number of carbonyl (C=O) groups is 2. The van der Waals surface area contributed by atoms with E-state index in [-0.39, 0.29) is 24.5 Å². The maximum Gasteiger partial charge on any atom is 0.320 e. The molecular weight excluding hydrogens is 342 g/mol. The smallest absolute Gasteiger partial charge is 0.320 e. The Morgan fingerprint density at radius 1 is 1.00 bits per heavy atom. The van der Waals surface area contributed by atoms with E-state index in [0.29, 0.717) is 13.1 Å². The molecule has 2 rings (SSSR count). The van der Waals surface area contributed by atoms with Gasteiger partial charge in [-0.2, -0.15) is 0 Å². The third kappa shape index (κ3) is 5.88. The number of hydrogen-bond donors (Lipinski definition) is 0. The van der Waals surface area contributed by atoms with Gasteiger partial charge in [-0.1, -0.05) is 30.3 Å². The molecule has 27 heavy (non-hydrogen) atoms. The molecule has 146 valence electrons. The zero-order valence-electron chi connectivity index (χ0n) is 16.8. The van der Waals surface area contributed by atoms with Crippen LogP contribution in [0.25, 0.3) is 0 Å². The molecule has 6 nitrogen and oxygen atoms in total. The van der Waals surface area contributed by atoms with Gasteiger partial charge in [-0.25, -0.2) is 4.79 Å². The minimum atomic E-state index is -0.174. The number of urea groups is 1. The molecule has 0 bridgehead atoms. The molecule has 0 fully saturated rings. The normalized spacial score (nSPS) is 10.7. The molecule has 0 atom stereocenters. The highest BCUT2D eigenvalue weighted by Gasteiger charge is 2.25. The molecule has 0 radical (unpaired) electrons. The summed E-state index contributed by atoms with van der Waals surface area (Å²) >= 11 is 0. The number of aryl methyl sites for hydroxylation is 1. The van der Waals surface area contributed by atoms with E-state index in [4.69, 9.17) is 4.42 Å². The maximum absolute atomic E-state index is 13.1. The highest BCUT2D eigenvalue weighted by atomic mass is 16.3. The molecule has 0 saturated heterocycles. The van der Waals surface area contributed by atoms with Crippen LogP contribution in [-0.4, -0.2) is 53.3 Å². The molecule has 2 aromatic rings. The lowest BCUT2D eigenvalue weighted by Crippen LogP contribution is -2.49. The first-order valence-corrected chi connectivity index (χ1v) is 9.13. The standard InChI is InChI=1S/C21H29N3O3/c1-16(2)24(21(26)22(4)5)15-20(25)23(13-18-9-7-6-8-10-18)14-19-12-11-17(3)27-19/h6-12,16H,13-15H2,1-5H3. The summed E-state index contributed by atoms with van der Waals surface area (Å²) in [6, 6.07) is 13.3. The minimum absolute atomic E-state index is 0.0290. The van der Waals surface area contributed by atoms with E-state index >= 15 is 0 Å². The first-order valence-electron chi connectivity index (χ1n) is 9.13. The molecule has 0 spiro atoms. The summed E-state index contributed by atoms with van der Waals surface area (Å²) < 4.78 is 5.66. The lowest BCUT2D eigenvalue weighted by molar-refractivity contribution is -0.133. The molecule has 0 aliphatic rings. The predicted molar refractivity (Wildman–Crippen MR) is 105 cm³/mol. The van der Waals surface area contributed by atoms with Crippen molar-refractivity contribution < 1.29 is 14.0 Å². The van der Waals surface area contributed by atoms with Crippen molar-refractivity contribution in [3.05, 3.63) is 59.5 Å². The van der Waals surface area contributed by atoms with Gasteiger partial charge in [0.15, 0.2) is 0 Å². The summed E-state index contributed by atoms with van der Waals surface area (Å²) in [5.74, 6) is 1.42. The third-order valence-corrected chi connectivity index (χ3v) is 4.27. The van der Waals surface area contributed by atoms with Gasteiger partial charge in [-0.15, -0.1) is 0 Å². The van der Waals surface area contributed by atoms with Crippen molar-refractivity contribution in [1.29, 1.82) is 0 Å². The molecule has 6 heteroatoms. The number of carbonyl (C=O) groups excluding carboxylic acids is 2. The predicted octanol–water partition coefficient (Wildman–Crippen LogP) is 3.51. The van der Waals surface area contributed by atoms with E-state index in [9.17, 15) is 9.59 Å². The van der Waals surface area contributed by atoms with Gasteiger partial charge in [0, 0.05) is 26.7 Å². The summed E-state index contributed by atoms with van der Waals surface area (Å²) in [4.78, 5) is 30.3. The van der Waals surface area contributed by atoms with E-state index in [1.54, 1.807) is 23.9 Å². The van der Waals surface area contributed by atoms with Crippen LogP contribution in [0.5, 0.6) is 0 Å². The fraction of sp³-hybridized carbons (Fsp3) is 0.429. The zero-order valence-corrected chi connectivity index (χ0v) is 16.8. The molecule has 0 aliphatic heterocycles. The Labute approximate surface area is 161 Å². The maximum atomic E-state index is 13.1. The highest BCUT2D eigenvalue weighted by Crippen LogP contribution is 2.14. The summed E-state index contributed by atoms with van der Waals surface area (Å²) in [6.07, 6.45) is 0. The first kappa shape index (κ1) is 20.6. The Bertz CT molecular complexity index is 753. The average Bonchev–Trinajstić information content (AvgIpc) is 3.03. The van der Waals surface area contributed by atoms with Crippen molar-refractivity contribution in [2.75, 3.05) is 20.6 Å². The minimum Gasteiger partial charge on any atom is -0.464 e. The Hall–Kier alpha value is -2.76. The van der Waals surface area contributed by atoms with Crippen LogP contribution < -0.4 is 0 Å². The van der Waals surface area contributed by atoms with Crippen LogP contribution in [0.2, 0.25) is 0 Å². The van der Waals surface area contributed by atoms with Crippen molar-refractivity contribution in [1.82, 2.24) is 14.7 Å². The molecule has 0 unspecified atom stereocenters. The number of rotatable bonds is 7. The van der Waals surface area contributed by atoms with Gasteiger partial charge in [0.05, 0.1) is 6.54 Å². The lowest BCUT2D eigenvalue weighted by atomic mass is 10.2. The van der Waals surface area contributed by atoms with Crippen LogP contribution in [0, 0.1) is 6.92 Å². The molecule has 1 aromatic heterocycles. The molecule has 1 aromatic carbocycles. The summed E-state index contributed by atoms with van der Waals surface area (Å²) in [7, 11) is 3.38. The van der Waals surface area contributed by atoms with E-state index < -0.39 is 0 Å². The van der Waals surface area contributed by atoms with Gasteiger partial charge in [0.2, 0.25) is 5.91 Å². The van der Waals surface area contributed by atoms with E-state index in [2.05, 4.69) is 0 Å². The molecule has 0 aliphatic carbocycles. The van der Waals surface area contributed by atoms with Gasteiger partial charge in [-0.3, -0.25) is 4.79 Å². The van der Waals surface area contributed by atoms with Crippen molar-refractivity contribution >= 4 is 11.9 Å². The fourth-order valence-corrected chi connectivity index (χ4v) is 2.77. The topological polar surface area (TPSA) is 57.0 Å². The Morgan fingerprint density at radius 3 is 2.19 bits per heavy atom. The molecular formula is C21H29N3O3. The summed E-state index contributed by atoms with van der Waals surface area (Å²) in [5.41, 5.74) is 1.03. The number of amides is 3. The Morgan fingerprint density at radius 2 is 1.67 bits per heavy atom. The van der Waals surface area contributed by atoms with E-state index in [1.165, 1.54) is 4.90 Å². The fourth-order valence-electron chi connectivity index (χ4n) is 2.77. The number of hydrogen-bond acceptors (Lipinski definition) is 3. The van der Waals surface area contributed by atoms with Crippen molar-refractivity contribution in [2.45, 2.75) is 39.9 Å². The Balaban J connectivity index is 2.19. The largest absolute Gasteiger partial charge is 0.464 e. The second-order valence-electron chi connectivity index (χ2n) is 7.15. The first-order chi connectivity index (χ1) is 12.8. The van der Waals surface area contributed by atoms with Crippen molar-refractivity contribution in [3.8, 4) is 0 Å². The van der Waals surface area contributed by atoms with Crippen molar-refractivity contribution in [3.63, 3.8) is 0 Å². The SMILES string of the molecule is Cc1ccc(CN(Cc2ccccc2)C(=O)CN(C(=O)N(C)C)C(C)C)o1. The molecule has 0 saturated carbocycles. The van der Waals surface area contributed by atoms with Crippen LogP contribution in [0.4, 0.5) is 4.79 Å². The molecule has 0 N–H and O–H groups in total. The van der Waals surface area contributed by atoms with Gasteiger partial charge >= 0.3 is 6.03 Å². The number of furan rings is 1. The van der Waals surface area contributed by atoms with Crippen molar-refractivity contribution in [2.24, 2.45) is 0 Å². The van der Waals surface area contributed by atoms with Crippen LogP contribution in [0.1, 0.15) is 30.9 Å². The second kappa shape index (κ2) is 9.26. The second-order valence-corrected chi connectivity index (χ2v) is 7.15. The van der Waals surface area contributed by atoms with E-state index in [0.717, 1.165) is 17.1 Å². The summed E-state index contributed by atoms with van der Waals surface area (Å²) in [5, 5.41) is 0. The van der Waals surface area contributed by atoms with Gasteiger partial charge in [0.25, 0.3) is 0 Å². The highest BCUT2D eigenvalue weighted by molar-refractivity contribution is 5.84. The quantitative estimate of drug-likeness (QED) is 0.748. The number of nitrogens with zero attached hydrogens (tertiary/aromatic N) is 3. The van der Waals surface area contributed by atoms with Crippen LogP contribution in [-0.2, 0) is 17.9 Å². The van der Waals surface area contributed by atoms with Crippen LogP contribution in [0.15, 0.2) is 46.9 Å². The monoisotopic (exact) mass is 371 g/mol. The van der Waals surface area contributed by atoms with E-state index in [1.807, 2.05) is 63.2 Å². The van der Waals surface area contributed by atoms with Gasteiger partial charge in [-0.05, 0) is 38.5 Å².